The summed E-state index contributed by atoms with van der Waals surface area (Å²) >= 11 is 0. The normalized spacial score (nSPS) is 17.4. The highest BCUT2D eigenvalue weighted by molar-refractivity contribution is 5.90. The Kier molecular flexibility index (Phi) is 5.78. The van der Waals surface area contributed by atoms with Crippen LogP contribution in [0.4, 0.5) is 26.5 Å². The van der Waals surface area contributed by atoms with E-state index in [1.807, 2.05) is 0 Å². The van der Waals surface area contributed by atoms with Crippen LogP contribution >= 0.6 is 0 Å². The van der Waals surface area contributed by atoms with Gasteiger partial charge in [0.25, 0.3) is 0 Å². The van der Waals surface area contributed by atoms with Gasteiger partial charge in [-0.2, -0.15) is 0 Å². The molecule has 1 N–H and O–H groups in total. The predicted octanol–water partition coefficient (Wildman–Crippen LogP) is 3.27. The van der Waals surface area contributed by atoms with E-state index >= 15 is 0 Å². The van der Waals surface area contributed by atoms with E-state index in [0.29, 0.717) is 37.4 Å². The molecule has 2 fully saturated rings. The van der Waals surface area contributed by atoms with Gasteiger partial charge in [-0.05, 0) is 38.3 Å². The molecule has 0 bridgehead atoms. The second-order valence-electron chi connectivity index (χ2n) is 7.60. The van der Waals surface area contributed by atoms with Gasteiger partial charge in [-0.3, -0.25) is 0 Å². The molecule has 0 spiro atoms. The van der Waals surface area contributed by atoms with Crippen molar-refractivity contribution in [2.75, 3.05) is 54.4 Å². The molecular weight excluding hydrogens is 371 g/mol. The zero-order chi connectivity index (χ0) is 20.2. The standard InChI is InChI=1S/C21H27FN6O/c1-16-17(22)6-5-7-18(16)25-21(29)28-12-10-27(11-13-28)20-14-19(23-15-24-20)26-8-3-2-4-9-26/h5-7,14-15H,2-4,8-13H2,1H3,(H,25,29). The van der Waals surface area contributed by atoms with Crippen LogP contribution in [0.5, 0.6) is 0 Å². The fourth-order valence-electron chi connectivity index (χ4n) is 3.88. The molecule has 0 radical (unpaired) electrons. The number of piperazine rings is 1. The molecule has 2 saturated heterocycles. The summed E-state index contributed by atoms with van der Waals surface area (Å²) in [7, 11) is 0. The molecule has 0 atom stereocenters. The Morgan fingerprint density at radius 1 is 0.966 bits per heavy atom. The first-order valence-corrected chi connectivity index (χ1v) is 10.2. The lowest BCUT2D eigenvalue weighted by Gasteiger charge is -2.36. The van der Waals surface area contributed by atoms with Crippen LogP contribution in [0.3, 0.4) is 0 Å². The summed E-state index contributed by atoms with van der Waals surface area (Å²) in [6.45, 7) is 6.33. The zero-order valence-electron chi connectivity index (χ0n) is 16.8. The quantitative estimate of drug-likeness (QED) is 0.860. The number of rotatable bonds is 3. The van der Waals surface area contributed by atoms with Gasteiger partial charge in [-0.1, -0.05) is 6.07 Å². The van der Waals surface area contributed by atoms with Gasteiger partial charge in [-0.25, -0.2) is 19.2 Å². The molecule has 3 heterocycles. The Balaban J connectivity index is 1.35. The highest BCUT2D eigenvalue weighted by Gasteiger charge is 2.23. The number of nitrogens with one attached hydrogen (secondary N) is 1. The monoisotopic (exact) mass is 398 g/mol. The number of carbonyl (C=O) groups excluding carboxylic acids is 1. The topological polar surface area (TPSA) is 64.6 Å². The van der Waals surface area contributed by atoms with Crippen molar-refractivity contribution in [3.8, 4) is 0 Å². The Labute approximate surface area is 170 Å². The molecule has 4 rings (SSSR count). The van der Waals surface area contributed by atoms with Crippen molar-refractivity contribution in [2.24, 2.45) is 0 Å². The fourth-order valence-corrected chi connectivity index (χ4v) is 3.88. The molecule has 8 heteroatoms. The number of aromatic nitrogens is 2. The number of urea groups is 1. The minimum absolute atomic E-state index is 0.199. The van der Waals surface area contributed by atoms with Crippen LogP contribution in [0.2, 0.25) is 0 Å². The van der Waals surface area contributed by atoms with Crippen molar-refractivity contribution in [2.45, 2.75) is 26.2 Å². The Bertz CT molecular complexity index is 862. The first-order valence-electron chi connectivity index (χ1n) is 10.2. The molecule has 2 aliphatic rings. The Morgan fingerprint density at radius 3 is 2.31 bits per heavy atom. The van der Waals surface area contributed by atoms with E-state index in [1.165, 1.54) is 25.3 Å². The first kappa shape index (κ1) is 19.4. The van der Waals surface area contributed by atoms with Crippen LogP contribution < -0.4 is 15.1 Å². The van der Waals surface area contributed by atoms with Gasteiger partial charge in [0.15, 0.2) is 0 Å². The number of carbonyl (C=O) groups is 1. The number of benzene rings is 1. The maximum absolute atomic E-state index is 13.7. The van der Waals surface area contributed by atoms with E-state index in [0.717, 1.165) is 24.7 Å². The highest BCUT2D eigenvalue weighted by Crippen LogP contribution is 2.22. The average Bonchev–Trinajstić information content (AvgIpc) is 2.78. The first-order chi connectivity index (χ1) is 14.1. The van der Waals surface area contributed by atoms with Crippen LogP contribution in [0, 0.1) is 12.7 Å². The molecular formula is C21H27FN6O. The molecule has 2 aliphatic heterocycles. The molecule has 7 nitrogen and oxygen atoms in total. The predicted molar refractivity (Wildman–Crippen MR) is 112 cm³/mol. The van der Waals surface area contributed by atoms with Crippen LogP contribution in [0.25, 0.3) is 0 Å². The number of amides is 2. The zero-order valence-corrected chi connectivity index (χ0v) is 16.8. The smallest absolute Gasteiger partial charge is 0.321 e. The third-order valence-electron chi connectivity index (χ3n) is 5.72. The van der Waals surface area contributed by atoms with Crippen LogP contribution in [-0.4, -0.2) is 60.2 Å². The molecule has 0 saturated carbocycles. The highest BCUT2D eigenvalue weighted by atomic mass is 19.1. The maximum atomic E-state index is 13.7. The number of hydrogen-bond donors (Lipinski definition) is 1. The minimum atomic E-state index is -0.319. The number of anilines is 3. The van der Waals surface area contributed by atoms with E-state index in [1.54, 1.807) is 30.3 Å². The van der Waals surface area contributed by atoms with E-state index in [4.69, 9.17) is 0 Å². The number of halogens is 1. The van der Waals surface area contributed by atoms with Crippen molar-refractivity contribution < 1.29 is 9.18 Å². The van der Waals surface area contributed by atoms with E-state index < -0.39 is 0 Å². The van der Waals surface area contributed by atoms with Gasteiger partial charge in [0.2, 0.25) is 0 Å². The summed E-state index contributed by atoms with van der Waals surface area (Å²) < 4.78 is 13.7. The van der Waals surface area contributed by atoms with Gasteiger partial charge in [-0.15, -0.1) is 0 Å². The maximum Gasteiger partial charge on any atom is 0.321 e. The molecule has 0 aliphatic carbocycles. The van der Waals surface area contributed by atoms with Crippen LogP contribution in [-0.2, 0) is 0 Å². The summed E-state index contributed by atoms with van der Waals surface area (Å²) in [5.74, 6) is 1.57. The lowest BCUT2D eigenvalue weighted by Crippen LogP contribution is -2.50. The van der Waals surface area contributed by atoms with Gasteiger partial charge in [0, 0.05) is 56.6 Å². The Hall–Kier alpha value is -2.90. The van der Waals surface area contributed by atoms with Crippen molar-refractivity contribution in [1.82, 2.24) is 14.9 Å². The summed E-state index contributed by atoms with van der Waals surface area (Å²) in [6.07, 6.45) is 5.33. The summed E-state index contributed by atoms with van der Waals surface area (Å²) in [5.41, 5.74) is 0.963. The van der Waals surface area contributed by atoms with E-state index in [-0.39, 0.29) is 11.8 Å². The van der Waals surface area contributed by atoms with E-state index in [2.05, 4.69) is 31.2 Å². The minimum Gasteiger partial charge on any atom is -0.356 e. The fraction of sp³-hybridized carbons (Fsp3) is 0.476. The molecule has 1 aromatic heterocycles. The molecule has 29 heavy (non-hydrogen) atoms. The molecule has 2 amide bonds. The average molecular weight is 398 g/mol. The lowest BCUT2D eigenvalue weighted by molar-refractivity contribution is 0.208. The number of nitrogens with zero attached hydrogens (tertiary/aromatic N) is 5. The summed E-state index contributed by atoms with van der Waals surface area (Å²) in [6, 6.07) is 6.57. The third kappa shape index (κ3) is 4.41. The van der Waals surface area contributed by atoms with Gasteiger partial charge < -0.3 is 20.0 Å². The Morgan fingerprint density at radius 2 is 1.62 bits per heavy atom. The van der Waals surface area contributed by atoms with Crippen LogP contribution in [0.15, 0.2) is 30.6 Å². The summed E-state index contributed by atoms with van der Waals surface area (Å²) in [4.78, 5) is 27.7. The molecule has 154 valence electrons. The van der Waals surface area contributed by atoms with Gasteiger partial charge in [0.05, 0.1) is 0 Å². The third-order valence-corrected chi connectivity index (χ3v) is 5.72. The van der Waals surface area contributed by atoms with Crippen molar-refractivity contribution in [3.63, 3.8) is 0 Å². The second kappa shape index (κ2) is 8.63. The molecule has 1 aromatic carbocycles. The van der Waals surface area contributed by atoms with Gasteiger partial charge >= 0.3 is 6.03 Å². The number of hydrogen-bond acceptors (Lipinski definition) is 5. The lowest BCUT2D eigenvalue weighted by atomic mass is 10.1. The van der Waals surface area contributed by atoms with Gasteiger partial charge in [0.1, 0.15) is 23.8 Å². The van der Waals surface area contributed by atoms with Crippen molar-refractivity contribution >= 4 is 23.4 Å². The summed E-state index contributed by atoms with van der Waals surface area (Å²) in [5, 5.41) is 2.82. The molecule has 2 aromatic rings. The van der Waals surface area contributed by atoms with E-state index in [9.17, 15) is 9.18 Å². The SMILES string of the molecule is Cc1c(F)cccc1NC(=O)N1CCN(c2cc(N3CCCCC3)ncn2)CC1. The van der Waals surface area contributed by atoms with Crippen molar-refractivity contribution in [1.29, 1.82) is 0 Å². The number of piperidine rings is 1. The largest absolute Gasteiger partial charge is 0.356 e. The van der Waals surface area contributed by atoms with Crippen molar-refractivity contribution in [3.05, 3.63) is 42.0 Å². The second-order valence-corrected chi connectivity index (χ2v) is 7.60. The molecule has 0 unspecified atom stereocenters. The van der Waals surface area contributed by atoms with Crippen LogP contribution in [0.1, 0.15) is 24.8 Å².